The summed E-state index contributed by atoms with van der Waals surface area (Å²) < 4.78 is 0.907. The maximum absolute atomic E-state index is 12.4. The minimum absolute atomic E-state index is 0.0482. The summed E-state index contributed by atoms with van der Waals surface area (Å²) in [5, 5.41) is 10.1. The van der Waals surface area contributed by atoms with Crippen LogP contribution in [-0.4, -0.2) is 14.7 Å². The fraction of sp³-hybridized carbons (Fsp3) is 0. The smallest absolute Gasteiger partial charge is 0.333 e. The second-order valence-corrected chi connectivity index (χ2v) is 4.63. The van der Waals surface area contributed by atoms with E-state index < -0.39 is 11.2 Å². The molecule has 1 heterocycles. The lowest BCUT2D eigenvalue weighted by Crippen LogP contribution is -2.33. The number of para-hydroxylation sites is 1. The number of rotatable bonds is 1. The molecule has 2 N–H and O–H groups in total. The van der Waals surface area contributed by atoms with E-state index in [1.807, 2.05) is 0 Å². The molecule has 0 radical (unpaired) electrons. The number of phenols is 1. The third kappa shape index (κ3) is 1.80. The maximum atomic E-state index is 12.4. The standard InChI is InChI=1S/C14H9ClN2O3/c15-8-4-1-2-6-10(8)17-13(19)12-9(16-14(17)20)5-3-7-11(12)18/h1-7,18H,(H,16,20). The molecule has 0 amide bonds. The molecule has 100 valence electrons. The zero-order chi connectivity index (χ0) is 14.3. The SMILES string of the molecule is O=c1[nH]c2cccc(O)c2c(=O)n1-c1ccccc1Cl. The summed E-state index contributed by atoms with van der Waals surface area (Å²) in [6, 6.07) is 11.0. The molecular formula is C14H9ClN2O3. The molecule has 0 saturated heterocycles. The topological polar surface area (TPSA) is 75.1 Å². The van der Waals surface area contributed by atoms with Gasteiger partial charge in [-0.25, -0.2) is 9.36 Å². The van der Waals surface area contributed by atoms with Crippen LogP contribution in [0.1, 0.15) is 0 Å². The number of aromatic amines is 1. The summed E-state index contributed by atoms with van der Waals surface area (Å²) >= 11 is 6.02. The Kier molecular flexibility index (Phi) is 2.84. The number of H-pyrrole nitrogens is 1. The Hall–Kier alpha value is -2.53. The summed E-state index contributed by atoms with van der Waals surface area (Å²) in [6.07, 6.45) is 0. The Balaban J connectivity index is 2.50. The lowest BCUT2D eigenvalue weighted by molar-refractivity contribution is 0.481. The van der Waals surface area contributed by atoms with Crippen LogP contribution in [0.4, 0.5) is 0 Å². The number of hydrogen-bond donors (Lipinski definition) is 2. The minimum Gasteiger partial charge on any atom is -0.507 e. The first-order valence-corrected chi connectivity index (χ1v) is 6.19. The summed E-state index contributed by atoms with van der Waals surface area (Å²) in [7, 11) is 0. The van der Waals surface area contributed by atoms with Gasteiger partial charge in [0.2, 0.25) is 0 Å². The Labute approximate surface area is 117 Å². The third-order valence-corrected chi connectivity index (χ3v) is 3.32. The number of benzene rings is 2. The van der Waals surface area contributed by atoms with E-state index in [2.05, 4.69) is 4.98 Å². The van der Waals surface area contributed by atoms with Gasteiger partial charge in [0.05, 0.1) is 16.2 Å². The van der Waals surface area contributed by atoms with Crippen molar-refractivity contribution in [2.24, 2.45) is 0 Å². The molecule has 0 atom stereocenters. The van der Waals surface area contributed by atoms with Crippen molar-refractivity contribution in [3.63, 3.8) is 0 Å². The molecule has 0 spiro atoms. The highest BCUT2D eigenvalue weighted by Gasteiger charge is 2.13. The molecule has 0 aliphatic rings. The number of fused-ring (bicyclic) bond motifs is 1. The van der Waals surface area contributed by atoms with E-state index in [4.69, 9.17) is 11.6 Å². The van der Waals surface area contributed by atoms with Crippen molar-refractivity contribution in [2.75, 3.05) is 0 Å². The lowest BCUT2D eigenvalue weighted by Gasteiger charge is -2.08. The van der Waals surface area contributed by atoms with Crippen molar-refractivity contribution in [1.29, 1.82) is 0 Å². The van der Waals surface area contributed by atoms with Crippen LogP contribution < -0.4 is 11.2 Å². The highest BCUT2D eigenvalue weighted by atomic mass is 35.5. The largest absolute Gasteiger partial charge is 0.507 e. The van der Waals surface area contributed by atoms with Gasteiger partial charge in [-0.2, -0.15) is 0 Å². The Morgan fingerprint density at radius 3 is 2.55 bits per heavy atom. The summed E-state index contributed by atoms with van der Waals surface area (Å²) in [6.45, 7) is 0. The first-order valence-electron chi connectivity index (χ1n) is 5.81. The van der Waals surface area contributed by atoms with E-state index in [9.17, 15) is 14.7 Å². The molecule has 6 heteroatoms. The van der Waals surface area contributed by atoms with Gasteiger partial charge in [0.15, 0.2) is 0 Å². The van der Waals surface area contributed by atoms with Gasteiger partial charge in [-0.3, -0.25) is 4.79 Å². The van der Waals surface area contributed by atoms with Crippen molar-refractivity contribution < 1.29 is 5.11 Å². The zero-order valence-electron chi connectivity index (χ0n) is 10.1. The number of aromatic hydroxyl groups is 1. The van der Waals surface area contributed by atoms with Crippen molar-refractivity contribution in [1.82, 2.24) is 9.55 Å². The van der Waals surface area contributed by atoms with E-state index in [1.165, 1.54) is 6.07 Å². The molecule has 0 unspecified atom stereocenters. The Morgan fingerprint density at radius 2 is 1.80 bits per heavy atom. The predicted octanol–water partition coefficient (Wildman–Crippen LogP) is 2.04. The third-order valence-electron chi connectivity index (χ3n) is 3.00. The van der Waals surface area contributed by atoms with Crippen LogP contribution in [0.25, 0.3) is 16.6 Å². The maximum Gasteiger partial charge on any atom is 0.333 e. The van der Waals surface area contributed by atoms with Gasteiger partial charge in [0, 0.05) is 0 Å². The predicted molar refractivity (Wildman–Crippen MR) is 76.8 cm³/mol. The van der Waals surface area contributed by atoms with Crippen LogP contribution in [0.5, 0.6) is 5.75 Å². The molecule has 0 aliphatic heterocycles. The monoisotopic (exact) mass is 288 g/mol. The van der Waals surface area contributed by atoms with Crippen molar-refractivity contribution in [3.8, 4) is 11.4 Å². The highest BCUT2D eigenvalue weighted by molar-refractivity contribution is 6.32. The normalized spacial score (nSPS) is 10.8. The summed E-state index contributed by atoms with van der Waals surface area (Å²) in [4.78, 5) is 27.1. The summed E-state index contributed by atoms with van der Waals surface area (Å²) in [5.41, 5.74) is -0.676. The van der Waals surface area contributed by atoms with Crippen LogP contribution in [0.15, 0.2) is 52.1 Å². The Bertz CT molecular complexity index is 928. The number of nitrogens with one attached hydrogen (secondary N) is 1. The molecular weight excluding hydrogens is 280 g/mol. The molecule has 20 heavy (non-hydrogen) atoms. The second kappa shape index (κ2) is 4.54. The van der Waals surface area contributed by atoms with Crippen LogP contribution in [0, 0.1) is 0 Å². The number of nitrogens with zero attached hydrogens (tertiary/aromatic N) is 1. The van der Waals surface area contributed by atoms with Gasteiger partial charge in [-0.15, -0.1) is 0 Å². The minimum atomic E-state index is -0.616. The van der Waals surface area contributed by atoms with Crippen molar-refractivity contribution in [2.45, 2.75) is 0 Å². The van der Waals surface area contributed by atoms with E-state index in [-0.39, 0.29) is 27.4 Å². The molecule has 5 nitrogen and oxygen atoms in total. The number of halogens is 1. The van der Waals surface area contributed by atoms with Crippen LogP contribution in [-0.2, 0) is 0 Å². The van der Waals surface area contributed by atoms with E-state index in [0.29, 0.717) is 0 Å². The van der Waals surface area contributed by atoms with E-state index in [0.717, 1.165) is 4.57 Å². The molecule has 0 bridgehead atoms. The van der Waals surface area contributed by atoms with Gasteiger partial charge in [0.25, 0.3) is 5.56 Å². The zero-order valence-corrected chi connectivity index (χ0v) is 10.9. The van der Waals surface area contributed by atoms with Crippen LogP contribution in [0.3, 0.4) is 0 Å². The number of hydrogen-bond acceptors (Lipinski definition) is 3. The molecule has 3 aromatic rings. The first-order chi connectivity index (χ1) is 9.59. The van der Waals surface area contributed by atoms with Crippen LogP contribution in [0.2, 0.25) is 5.02 Å². The number of aromatic nitrogens is 2. The lowest BCUT2D eigenvalue weighted by atomic mass is 10.2. The second-order valence-electron chi connectivity index (χ2n) is 4.22. The van der Waals surface area contributed by atoms with Gasteiger partial charge in [0.1, 0.15) is 11.1 Å². The first kappa shape index (κ1) is 12.5. The van der Waals surface area contributed by atoms with E-state index in [1.54, 1.807) is 36.4 Å². The Morgan fingerprint density at radius 1 is 1.05 bits per heavy atom. The van der Waals surface area contributed by atoms with E-state index >= 15 is 0 Å². The van der Waals surface area contributed by atoms with Gasteiger partial charge in [-0.05, 0) is 24.3 Å². The molecule has 0 aliphatic carbocycles. The summed E-state index contributed by atoms with van der Waals surface area (Å²) in [5.74, 6) is -0.190. The van der Waals surface area contributed by atoms with Crippen LogP contribution >= 0.6 is 11.6 Å². The van der Waals surface area contributed by atoms with Gasteiger partial charge < -0.3 is 10.1 Å². The number of phenolic OH excluding ortho intramolecular Hbond substituents is 1. The molecule has 0 saturated carbocycles. The van der Waals surface area contributed by atoms with Gasteiger partial charge in [-0.1, -0.05) is 29.8 Å². The molecule has 2 aromatic carbocycles. The molecule has 1 aromatic heterocycles. The molecule has 3 rings (SSSR count). The quantitative estimate of drug-likeness (QED) is 0.719. The molecule has 0 fully saturated rings. The average molecular weight is 289 g/mol. The average Bonchev–Trinajstić information content (AvgIpc) is 2.40. The van der Waals surface area contributed by atoms with Crippen molar-refractivity contribution in [3.05, 3.63) is 68.3 Å². The van der Waals surface area contributed by atoms with Crippen molar-refractivity contribution >= 4 is 22.5 Å². The fourth-order valence-corrected chi connectivity index (χ4v) is 2.32. The van der Waals surface area contributed by atoms with Gasteiger partial charge >= 0.3 is 5.69 Å². The fourth-order valence-electron chi connectivity index (χ4n) is 2.10. The highest BCUT2D eigenvalue weighted by Crippen LogP contribution is 2.20.